The van der Waals surface area contributed by atoms with Gasteiger partial charge in [0.05, 0.1) is 16.5 Å². The fraction of sp³-hybridized carbons (Fsp3) is 0.143. The molecule has 0 radical (unpaired) electrons. The van der Waals surface area contributed by atoms with Crippen molar-refractivity contribution in [3.8, 4) is 0 Å². The van der Waals surface area contributed by atoms with Gasteiger partial charge in [0.1, 0.15) is 5.82 Å². The maximum Gasteiger partial charge on any atom is 0.233 e. The van der Waals surface area contributed by atoms with E-state index in [0.717, 1.165) is 17.7 Å². The third-order valence-electron chi connectivity index (χ3n) is 2.77. The Morgan fingerprint density at radius 3 is 2.48 bits per heavy atom. The highest BCUT2D eigenvalue weighted by Crippen LogP contribution is 2.32. The van der Waals surface area contributed by atoms with Gasteiger partial charge in [0, 0.05) is 4.47 Å². The van der Waals surface area contributed by atoms with E-state index in [9.17, 15) is 12.8 Å². The van der Waals surface area contributed by atoms with Crippen LogP contribution >= 0.6 is 27.5 Å². The van der Waals surface area contributed by atoms with Crippen molar-refractivity contribution in [2.45, 2.75) is 6.42 Å². The van der Waals surface area contributed by atoms with Crippen LogP contribution in [0.5, 0.6) is 0 Å². The quantitative estimate of drug-likeness (QED) is 0.828. The van der Waals surface area contributed by atoms with Crippen LogP contribution in [-0.2, 0) is 16.4 Å². The van der Waals surface area contributed by atoms with E-state index in [1.54, 1.807) is 0 Å². The lowest BCUT2D eigenvalue weighted by Gasteiger charge is -2.11. The van der Waals surface area contributed by atoms with Crippen LogP contribution in [0.1, 0.15) is 5.56 Å². The molecule has 0 aliphatic heterocycles. The van der Waals surface area contributed by atoms with Gasteiger partial charge in [-0.1, -0.05) is 41.9 Å². The first-order chi connectivity index (χ1) is 9.87. The maximum absolute atomic E-state index is 13.1. The van der Waals surface area contributed by atoms with Gasteiger partial charge in [-0.15, -0.1) is 0 Å². The number of benzene rings is 2. The predicted molar refractivity (Wildman–Crippen MR) is 86.7 cm³/mol. The van der Waals surface area contributed by atoms with E-state index in [0.29, 0.717) is 6.42 Å². The molecule has 112 valence electrons. The molecule has 0 fully saturated rings. The summed E-state index contributed by atoms with van der Waals surface area (Å²) >= 11 is 8.96. The zero-order chi connectivity index (χ0) is 15.5. The fourth-order valence-electron chi connectivity index (χ4n) is 1.74. The smallest absolute Gasteiger partial charge is 0.233 e. The largest absolute Gasteiger partial charge is 0.281 e. The highest BCUT2D eigenvalue weighted by molar-refractivity contribution is 9.10. The highest BCUT2D eigenvalue weighted by atomic mass is 79.9. The molecule has 0 amide bonds. The van der Waals surface area contributed by atoms with E-state index in [-0.39, 0.29) is 20.9 Å². The molecule has 7 heteroatoms. The summed E-state index contributed by atoms with van der Waals surface area (Å²) in [5, 5.41) is 0.00478. The molecule has 0 bridgehead atoms. The van der Waals surface area contributed by atoms with Gasteiger partial charge < -0.3 is 0 Å². The molecular formula is C14H12BrClFNO2S. The van der Waals surface area contributed by atoms with Crippen molar-refractivity contribution >= 4 is 43.2 Å². The van der Waals surface area contributed by atoms with Crippen LogP contribution < -0.4 is 4.72 Å². The lowest BCUT2D eigenvalue weighted by Crippen LogP contribution is -2.18. The SMILES string of the molecule is O=S(=O)(CCc1ccccc1)Nc1c(Cl)cc(F)cc1Br. The number of aryl methyl sites for hydroxylation is 1. The van der Waals surface area contributed by atoms with E-state index < -0.39 is 15.8 Å². The number of hydrogen-bond acceptors (Lipinski definition) is 2. The Morgan fingerprint density at radius 1 is 1.19 bits per heavy atom. The van der Waals surface area contributed by atoms with Crippen molar-refractivity contribution in [1.82, 2.24) is 0 Å². The second-order valence-corrected chi connectivity index (χ2v) is 7.50. The Morgan fingerprint density at radius 2 is 1.86 bits per heavy atom. The van der Waals surface area contributed by atoms with Crippen LogP contribution in [0.25, 0.3) is 0 Å². The van der Waals surface area contributed by atoms with Gasteiger partial charge in [-0.05, 0) is 40.0 Å². The van der Waals surface area contributed by atoms with Crippen molar-refractivity contribution < 1.29 is 12.8 Å². The van der Waals surface area contributed by atoms with Crippen LogP contribution in [0.2, 0.25) is 5.02 Å². The first-order valence-electron chi connectivity index (χ1n) is 6.06. The minimum Gasteiger partial charge on any atom is -0.281 e. The minimum absolute atomic E-state index is 0.00478. The van der Waals surface area contributed by atoms with Crippen LogP contribution in [0.3, 0.4) is 0 Å². The van der Waals surface area contributed by atoms with Crippen molar-refractivity contribution in [2.75, 3.05) is 10.5 Å². The summed E-state index contributed by atoms with van der Waals surface area (Å²) in [6, 6.07) is 11.5. The van der Waals surface area contributed by atoms with Gasteiger partial charge in [0.15, 0.2) is 0 Å². The minimum atomic E-state index is -3.58. The van der Waals surface area contributed by atoms with Crippen LogP contribution in [0.4, 0.5) is 10.1 Å². The monoisotopic (exact) mass is 391 g/mol. The van der Waals surface area contributed by atoms with Crippen molar-refractivity contribution in [1.29, 1.82) is 0 Å². The number of rotatable bonds is 5. The Bertz CT molecular complexity index is 715. The average Bonchev–Trinajstić information content (AvgIpc) is 2.42. The summed E-state index contributed by atoms with van der Waals surface area (Å²) in [6.07, 6.45) is 0.382. The zero-order valence-electron chi connectivity index (χ0n) is 10.8. The lowest BCUT2D eigenvalue weighted by molar-refractivity contribution is 0.600. The highest BCUT2D eigenvalue weighted by Gasteiger charge is 2.16. The van der Waals surface area contributed by atoms with Gasteiger partial charge in [-0.3, -0.25) is 4.72 Å². The van der Waals surface area contributed by atoms with E-state index in [4.69, 9.17) is 11.6 Å². The Kier molecular flexibility index (Phi) is 5.24. The molecule has 0 heterocycles. The Hall–Kier alpha value is -1.11. The van der Waals surface area contributed by atoms with Crippen LogP contribution in [-0.4, -0.2) is 14.2 Å². The second-order valence-electron chi connectivity index (χ2n) is 4.40. The Balaban J connectivity index is 2.11. The normalized spacial score (nSPS) is 11.4. The first-order valence-corrected chi connectivity index (χ1v) is 8.89. The molecule has 3 nitrogen and oxygen atoms in total. The average molecular weight is 393 g/mol. The molecule has 0 unspecified atom stereocenters. The van der Waals surface area contributed by atoms with Crippen LogP contribution in [0, 0.1) is 5.82 Å². The fourth-order valence-corrected chi connectivity index (χ4v) is 3.97. The molecule has 2 rings (SSSR count). The van der Waals surface area contributed by atoms with Gasteiger partial charge in [0.25, 0.3) is 0 Å². The summed E-state index contributed by atoms with van der Waals surface area (Å²) in [4.78, 5) is 0. The molecule has 1 N–H and O–H groups in total. The standard InChI is InChI=1S/C14H12BrClFNO2S/c15-12-8-11(17)9-13(16)14(12)18-21(19,20)7-6-10-4-2-1-3-5-10/h1-5,8-9,18H,6-7H2. The zero-order valence-corrected chi connectivity index (χ0v) is 14.0. The molecule has 0 aliphatic carbocycles. The third kappa shape index (κ3) is 4.69. The molecule has 0 saturated carbocycles. The van der Waals surface area contributed by atoms with Crippen molar-refractivity contribution in [3.63, 3.8) is 0 Å². The van der Waals surface area contributed by atoms with Gasteiger partial charge in [0.2, 0.25) is 10.0 Å². The molecule has 0 aromatic heterocycles. The van der Waals surface area contributed by atoms with E-state index in [1.165, 1.54) is 0 Å². The number of halogens is 3. The summed E-state index contributed by atoms with van der Waals surface area (Å²) in [6.45, 7) is 0. The first kappa shape index (κ1) is 16.3. The summed E-state index contributed by atoms with van der Waals surface area (Å²) in [5.41, 5.74) is 1.07. The van der Waals surface area contributed by atoms with Crippen molar-refractivity contribution in [2.24, 2.45) is 0 Å². The summed E-state index contributed by atoms with van der Waals surface area (Å²) in [7, 11) is -3.58. The number of nitrogens with one attached hydrogen (secondary N) is 1. The molecule has 0 saturated heterocycles. The molecule has 2 aromatic carbocycles. The topological polar surface area (TPSA) is 46.2 Å². The third-order valence-corrected chi connectivity index (χ3v) is 4.95. The molecule has 0 spiro atoms. The molecule has 2 aromatic rings. The Labute approximate surface area is 136 Å². The summed E-state index contributed by atoms with van der Waals surface area (Å²) in [5.74, 6) is -0.629. The number of hydrogen-bond donors (Lipinski definition) is 1. The predicted octanol–water partition coefficient (Wildman–Crippen LogP) is 4.23. The van der Waals surface area contributed by atoms with Gasteiger partial charge >= 0.3 is 0 Å². The molecular weight excluding hydrogens is 381 g/mol. The van der Waals surface area contributed by atoms with Gasteiger partial charge in [-0.2, -0.15) is 0 Å². The molecule has 0 atom stereocenters. The van der Waals surface area contributed by atoms with Crippen molar-refractivity contribution in [3.05, 3.63) is 63.3 Å². The van der Waals surface area contributed by atoms with E-state index in [2.05, 4.69) is 20.7 Å². The van der Waals surface area contributed by atoms with Gasteiger partial charge in [-0.25, -0.2) is 12.8 Å². The number of sulfonamides is 1. The lowest BCUT2D eigenvalue weighted by atomic mass is 10.2. The number of anilines is 1. The van der Waals surface area contributed by atoms with E-state index in [1.807, 2.05) is 30.3 Å². The van der Waals surface area contributed by atoms with E-state index >= 15 is 0 Å². The summed E-state index contributed by atoms with van der Waals surface area (Å²) < 4.78 is 39.9. The van der Waals surface area contributed by atoms with Crippen LogP contribution in [0.15, 0.2) is 46.9 Å². The molecule has 21 heavy (non-hydrogen) atoms. The second kappa shape index (κ2) is 6.77. The maximum atomic E-state index is 13.1. The molecule has 0 aliphatic rings.